The molecule has 2 rings (SSSR count). The van der Waals surface area contributed by atoms with Gasteiger partial charge in [-0.3, -0.25) is 9.79 Å². The second-order valence-corrected chi connectivity index (χ2v) is 5.90. The van der Waals surface area contributed by atoms with Gasteiger partial charge in [-0.2, -0.15) is 0 Å². The van der Waals surface area contributed by atoms with Gasteiger partial charge in [0.15, 0.2) is 5.96 Å². The Morgan fingerprint density at radius 2 is 2.04 bits per heavy atom. The number of likely N-dealkylation sites (tertiary alicyclic amines) is 1. The van der Waals surface area contributed by atoms with E-state index in [-0.39, 0.29) is 35.7 Å². The van der Waals surface area contributed by atoms with Crippen LogP contribution >= 0.6 is 24.0 Å². The molecule has 0 atom stereocenters. The lowest BCUT2D eigenvalue weighted by Gasteiger charge is -2.15. The van der Waals surface area contributed by atoms with Crippen molar-refractivity contribution in [3.8, 4) is 0 Å². The normalized spacial score (nSPS) is 14.4. The zero-order valence-corrected chi connectivity index (χ0v) is 17.1. The third kappa shape index (κ3) is 8.02. The Kier molecular flexibility index (Phi) is 10.4. The molecule has 0 bridgehead atoms. The van der Waals surface area contributed by atoms with Crippen LogP contribution in [0.5, 0.6) is 0 Å². The number of nitrogens with one attached hydrogen (secondary N) is 2. The molecule has 1 aromatic rings. The van der Waals surface area contributed by atoms with Crippen LogP contribution in [-0.2, 0) is 11.2 Å². The van der Waals surface area contributed by atoms with Crippen LogP contribution in [0.25, 0.3) is 0 Å². The van der Waals surface area contributed by atoms with E-state index >= 15 is 0 Å². The van der Waals surface area contributed by atoms with E-state index in [9.17, 15) is 9.18 Å². The van der Waals surface area contributed by atoms with Gasteiger partial charge in [0.2, 0.25) is 5.91 Å². The minimum atomic E-state index is -0.210. The van der Waals surface area contributed by atoms with E-state index in [4.69, 9.17) is 0 Å². The van der Waals surface area contributed by atoms with Crippen molar-refractivity contribution < 1.29 is 9.18 Å². The van der Waals surface area contributed by atoms with Crippen molar-refractivity contribution >= 4 is 35.8 Å². The second kappa shape index (κ2) is 12.1. The van der Waals surface area contributed by atoms with Gasteiger partial charge in [0.25, 0.3) is 0 Å². The molecule has 0 radical (unpaired) electrons. The fraction of sp³-hybridized carbons (Fsp3) is 0.556. The zero-order valence-electron chi connectivity index (χ0n) is 14.8. The summed E-state index contributed by atoms with van der Waals surface area (Å²) in [6.45, 7) is 5.93. The summed E-state index contributed by atoms with van der Waals surface area (Å²) in [5.41, 5.74) is 1.09. The van der Waals surface area contributed by atoms with Crippen molar-refractivity contribution in [3.05, 3.63) is 35.6 Å². The number of halogens is 2. The van der Waals surface area contributed by atoms with Crippen molar-refractivity contribution in [2.75, 3.05) is 32.7 Å². The number of hydrogen-bond acceptors (Lipinski definition) is 2. The summed E-state index contributed by atoms with van der Waals surface area (Å²) in [7, 11) is 0. The minimum absolute atomic E-state index is 0. The van der Waals surface area contributed by atoms with Gasteiger partial charge in [0, 0.05) is 39.1 Å². The molecule has 0 unspecified atom stereocenters. The number of carbonyl (C=O) groups excluding carboxylic acids is 1. The molecule has 1 amide bonds. The van der Waals surface area contributed by atoms with Crippen LogP contribution in [-0.4, -0.2) is 49.5 Å². The summed E-state index contributed by atoms with van der Waals surface area (Å²) >= 11 is 0. The Morgan fingerprint density at radius 3 is 2.68 bits per heavy atom. The summed E-state index contributed by atoms with van der Waals surface area (Å²) in [5.74, 6) is 0.841. The Bertz CT molecular complexity index is 551. The molecule has 25 heavy (non-hydrogen) atoms. The van der Waals surface area contributed by atoms with Crippen LogP contribution in [0.15, 0.2) is 29.3 Å². The third-order valence-corrected chi connectivity index (χ3v) is 3.99. The highest BCUT2D eigenvalue weighted by atomic mass is 127. The van der Waals surface area contributed by atoms with Crippen LogP contribution in [0.3, 0.4) is 0 Å². The first kappa shape index (κ1) is 21.7. The lowest BCUT2D eigenvalue weighted by atomic mass is 10.1. The van der Waals surface area contributed by atoms with Gasteiger partial charge < -0.3 is 15.5 Å². The van der Waals surface area contributed by atoms with Crippen molar-refractivity contribution in [1.29, 1.82) is 0 Å². The number of rotatable bonds is 8. The lowest BCUT2D eigenvalue weighted by Crippen LogP contribution is -2.38. The maximum atomic E-state index is 12.9. The number of benzene rings is 1. The van der Waals surface area contributed by atoms with E-state index in [1.54, 1.807) is 12.1 Å². The molecule has 1 aliphatic heterocycles. The molecule has 5 nitrogen and oxygen atoms in total. The first-order valence-electron chi connectivity index (χ1n) is 8.73. The summed E-state index contributed by atoms with van der Waals surface area (Å²) in [6.07, 6.45) is 3.36. The standard InChI is InChI=1S/C18H27FN4O.HI/c1-2-20-18(21-11-4-14-23-13-3-5-17(23)24)22-12-10-15-6-8-16(19)9-7-15;/h6-9H,2-5,10-14H2,1H3,(H2,20,21,22);1H. The van der Waals surface area contributed by atoms with Gasteiger partial charge in [0.05, 0.1) is 0 Å². The molecule has 0 aromatic heterocycles. The van der Waals surface area contributed by atoms with E-state index in [0.717, 1.165) is 57.0 Å². The monoisotopic (exact) mass is 462 g/mol. The van der Waals surface area contributed by atoms with Gasteiger partial charge >= 0.3 is 0 Å². The van der Waals surface area contributed by atoms with Crippen LogP contribution in [0.1, 0.15) is 31.7 Å². The second-order valence-electron chi connectivity index (χ2n) is 5.90. The Morgan fingerprint density at radius 1 is 1.28 bits per heavy atom. The number of guanidine groups is 1. The number of amides is 1. The fourth-order valence-corrected chi connectivity index (χ4v) is 2.71. The molecule has 1 fully saturated rings. The third-order valence-electron chi connectivity index (χ3n) is 3.99. The predicted molar refractivity (Wildman–Crippen MR) is 110 cm³/mol. The number of hydrogen-bond donors (Lipinski definition) is 2. The van der Waals surface area contributed by atoms with Gasteiger partial charge in [-0.05, 0) is 43.9 Å². The van der Waals surface area contributed by atoms with E-state index in [0.29, 0.717) is 13.0 Å². The number of carbonyl (C=O) groups is 1. The van der Waals surface area contributed by atoms with E-state index in [1.165, 1.54) is 12.1 Å². The van der Waals surface area contributed by atoms with Crippen LogP contribution < -0.4 is 10.6 Å². The van der Waals surface area contributed by atoms with Crippen molar-refractivity contribution in [3.63, 3.8) is 0 Å². The smallest absolute Gasteiger partial charge is 0.222 e. The lowest BCUT2D eigenvalue weighted by molar-refractivity contribution is -0.127. The predicted octanol–water partition coefficient (Wildman–Crippen LogP) is 2.55. The average molecular weight is 462 g/mol. The summed E-state index contributed by atoms with van der Waals surface area (Å²) < 4.78 is 12.9. The first-order valence-corrected chi connectivity index (χ1v) is 8.73. The average Bonchev–Trinajstić information content (AvgIpc) is 2.98. The fourth-order valence-electron chi connectivity index (χ4n) is 2.71. The Hall–Kier alpha value is -1.38. The molecule has 140 valence electrons. The van der Waals surface area contributed by atoms with Crippen molar-refractivity contribution in [2.45, 2.75) is 32.6 Å². The minimum Gasteiger partial charge on any atom is -0.357 e. The number of aliphatic imine (C=N–C) groups is 1. The van der Waals surface area contributed by atoms with Crippen molar-refractivity contribution in [2.24, 2.45) is 4.99 Å². The Balaban J connectivity index is 0.00000312. The molecule has 1 saturated heterocycles. The molecule has 7 heteroatoms. The molecular formula is C18H28FIN4O. The van der Waals surface area contributed by atoms with Crippen LogP contribution in [0, 0.1) is 5.82 Å². The number of nitrogens with zero attached hydrogens (tertiary/aromatic N) is 2. The van der Waals surface area contributed by atoms with Crippen LogP contribution in [0.2, 0.25) is 0 Å². The highest BCUT2D eigenvalue weighted by Gasteiger charge is 2.18. The summed E-state index contributed by atoms with van der Waals surface area (Å²) in [4.78, 5) is 18.0. The van der Waals surface area contributed by atoms with Gasteiger partial charge in [-0.1, -0.05) is 12.1 Å². The van der Waals surface area contributed by atoms with Crippen molar-refractivity contribution in [1.82, 2.24) is 15.5 Å². The van der Waals surface area contributed by atoms with E-state index in [1.807, 2.05) is 11.8 Å². The highest BCUT2D eigenvalue weighted by Crippen LogP contribution is 2.09. The SMILES string of the molecule is CCNC(=NCCCN1CCCC1=O)NCCc1ccc(F)cc1.I. The zero-order chi connectivity index (χ0) is 17.2. The maximum absolute atomic E-state index is 12.9. The van der Waals surface area contributed by atoms with Gasteiger partial charge in [-0.15, -0.1) is 24.0 Å². The van der Waals surface area contributed by atoms with E-state index in [2.05, 4.69) is 15.6 Å². The topological polar surface area (TPSA) is 56.7 Å². The molecule has 1 heterocycles. The molecule has 0 saturated carbocycles. The molecule has 1 aliphatic rings. The van der Waals surface area contributed by atoms with E-state index < -0.39 is 0 Å². The first-order chi connectivity index (χ1) is 11.7. The highest BCUT2D eigenvalue weighted by molar-refractivity contribution is 14.0. The largest absolute Gasteiger partial charge is 0.357 e. The Labute approximate surface area is 166 Å². The summed E-state index contributed by atoms with van der Waals surface area (Å²) in [6, 6.07) is 6.56. The quantitative estimate of drug-likeness (QED) is 0.270. The molecule has 0 spiro atoms. The molecule has 2 N–H and O–H groups in total. The molecule has 1 aromatic carbocycles. The molecular weight excluding hydrogens is 434 g/mol. The maximum Gasteiger partial charge on any atom is 0.222 e. The molecule has 0 aliphatic carbocycles. The summed E-state index contributed by atoms with van der Waals surface area (Å²) in [5, 5.41) is 6.50. The van der Waals surface area contributed by atoms with Crippen LogP contribution in [0.4, 0.5) is 4.39 Å². The van der Waals surface area contributed by atoms with Gasteiger partial charge in [-0.25, -0.2) is 4.39 Å². The van der Waals surface area contributed by atoms with Gasteiger partial charge in [0.1, 0.15) is 5.82 Å².